The van der Waals surface area contributed by atoms with E-state index in [9.17, 15) is 4.79 Å². The molecule has 0 fully saturated rings. The number of hydrogen-bond acceptors (Lipinski definition) is 3. The zero-order valence-electron chi connectivity index (χ0n) is 7.78. The van der Waals surface area contributed by atoms with Crippen LogP contribution in [0, 0.1) is 0 Å². The van der Waals surface area contributed by atoms with Crippen LogP contribution >= 0.6 is 46.4 Å². The smallest absolute Gasteiger partial charge is 0.235 e. The quantitative estimate of drug-likeness (QED) is 0.569. The molecule has 0 radical (unpaired) electrons. The van der Waals surface area contributed by atoms with E-state index in [-0.39, 0.29) is 37.2 Å². The summed E-state index contributed by atoms with van der Waals surface area (Å²) >= 11 is 23.5. The monoisotopic (exact) mass is 297 g/mol. The maximum Gasteiger partial charge on any atom is 0.235 e. The van der Waals surface area contributed by atoms with Crippen LogP contribution in [-0.2, 0) is 0 Å². The number of benzene rings is 1. The third-order valence-corrected chi connectivity index (χ3v) is 3.65. The predicted octanol–water partition coefficient (Wildman–Crippen LogP) is 4.64. The Kier molecular flexibility index (Phi) is 3.05. The maximum atomic E-state index is 11.4. The molecule has 7 heteroatoms. The van der Waals surface area contributed by atoms with Crippen LogP contribution < -0.4 is 0 Å². The highest BCUT2D eigenvalue weighted by Gasteiger charge is 2.24. The number of fused-ring (bicyclic) bond motifs is 1. The van der Waals surface area contributed by atoms with Crippen LogP contribution in [0.5, 0.6) is 0 Å². The molecule has 0 amide bonds. The van der Waals surface area contributed by atoms with Crippen LogP contribution in [-0.4, -0.2) is 10.9 Å². The van der Waals surface area contributed by atoms with Gasteiger partial charge in [0.25, 0.3) is 0 Å². The van der Waals surface area contributed by atoms with Gasteiger partial charge in [-0.1, -0.05) is 40.0 Å². The van der Waals surface area contributed by atoms with Crippen molar-refractivity contribution in [1.82, 2.24) is 5.16 Å². The molecule has 0 saturated carbocycles. The van der Waals surface area contributed by atoms with Crippen molar-refractivity contribution in [2.24, 2.45) is 0 Å². The Labute approximate surface area is 110 Å². The van der Waals surface area contributed by atoms with Gasteiger partial charge in [-0.2, -0.15) is 0 Å². The number of rotatable bonds is 1. The van der Waals surface area contributed by atoms with E-state index < -0.39 is 0 Å². The van der Waals surface area contributed by atoms with Crippen molar-refractivity contribution in [3.05, 3.63) is 25.9 Å². The molecule has 0 aliphatic rings. The van der Waals surface area contributed by atoms with Gasteiger partial charge >= 0.3 is 0 Å². The summed E-state index contributed by atoms with van der Waals surface area (Å²) in [6, 6.07) is 0. The lowest BCUT2D eigenvalue weighted by Crippen LogP contribution is -1.96. The van der Waals surface area contributed by atoms with Gasteiger partial charge in [0.15, 0.2) is 5.78 Å². The molecule has 0 aliphatic carbocycles. The number of carbonyl (C=O) groups excluding carboxylic acids is 1. The van der Waals surface area contributed by atoms with Gasteiger partial charge in [-0.25, -0.2) is 0 Å². The number of carbonyl (C=O) groups is 1. The lowest BCUT2D eigenvalue weighted by atomic mass is 10.1. The van der Waals surface area contributed by atoms with Crippen molar-refractivity contribution in [3.63, 3.8) is 0 Å². The van der Waals surface area contributed by atoms with Crippen LogP contribution in [0.15, 0.2) is 4.52 Å². The highest BCUT2D eigenvalue weighted by atomic mass is 35.5. The number of halogens is 4. The molecule has 16 heavy (non-hydrogen) atoms. The zero-order valence-corrected chi connectivity index (χ0v) is 10.8. The molecule has 0 bridgehead atoms. The summed E-state index contributed by atoms with van der Waals surface area (Å²) in [7, 11) is 0. The first-order chi connectivity index (χ1) is 7.45. The van der Waals surface area contributed by atoms with E-state index >= 15 is 0 Å². The van der Waals surface area contributed by atoms with Crippen molar-refractivity contribution < 1.29 is 9.32 Å². The van der Waals surface area contributed by atoms with E-state index in [0.717, 1.165) is 0 Å². The van der Waals surface area contributed by atoms with Gasteiger partial charge < -0.3 is 4.52 Å². The Morgan fingerprint density at radius 2 is 1.75 bits per heavy atom. The zero-order chi connectivity index (χ0) is 12.0. The summed E-state index contributed by atoms with van der Waals surface area (Å²) in [5.74, 6) is -0.293. The third kappa shape index (κ3) is 1.59. The lowest BCUT2D eigenvalue weighted by Gasteiger charge is -2.05. The summed E-state index contributed by atoms with van der Waals surface area (Å²) in [6.07, 6.45) is 0. The van der Waals surface area contributed by atoms with E-state index in [1.165, 1.54) is 6.92 Å². The first-order valence-corrected chi connectivity index (χ1v) is 5.58. The normalized spacial score (nSPS) is 11.1. The van der Waals surface area contributed by atoms with E-state index in [4.69, 9.17) is 50.9 Å². The summed E-state index contributed by atoms with van der Waals surface area (Å²) in [5, 5.41) is 4.15. The summed E-state index contributed by atoms with van der Waals surface area (Å²) in [5.41, 5.74) is 0.374. The predicted molar refractivity (Wildman–Crippen MR) is 64.1 cm³/mol. The molecule has 2 rings (SSSR count). The van der Waals surface area contributed by atoms with Crippen molar-refractivity contribution in [1.29, 1.82) is 0 Å². The fraction of sp³-hybridized carbons (Fsp3) is 0.111. The SMILES string of the molecule is CC(=O)c1c(Cl)c(Cl)c(Cl)c2c(Cl)onc12. The molecular formula is C9H3Cl4NO2. The Hall–Kier alpha value is -0.480. The second kappa shape index (κ2) is 4.08. The number of ketones is 1. The number of aromatic nitrogens is 1. The van der Waals surface area contributed by atoms with Crippen LogP contribution in [0.4, 0.5) is 0 Å². The molecule has 0 unspecified atom stereocenters. The molecule has 0 spiro atoms. The Bertz CT molecular complexity index is 605. The summed E-state index contributed by atoms with van der Waals surface area (Å²) in [6.45, 7) is 1.34. The highest BCUT2D eigenvalue weighted by Crippen LogP contribution is 2.42. The molecule has 1 aromatic carbocycles. The largest absolute Gasteiger partial charge is 0.343 e. The molecule has 84 valence electrons. The highest BCUT2D eigenvalue weighted by molar-refractivity contribution is 6.53. The van der Waals surface area contributed by atoms with Crippen molar-refractivity contribution in [2.45, 2.75) is 6.92 Å². The second-order valence-electron chi connectivity index (χ2n) is 3.05. The van der Waals surface area contributed by atoms with E-state index in [1.54, 1.807) is 0 Å². The van der Waals surface area contributed by atoms with Gasteiger partial charge in [-0.15, -0.1) is 0 Å². The van der Waals surface area contributed by atoms with E-state index in [2.05, 4.69) is 5.16 Å². The standard InChI is InChI=1S/C9H3Cl4NO2/c1-2(15)3-5(10)7(12)6(11)4-8(3)14-16-9(4)13/h1H3. The van der Waals surface area contributed by atoms with Crippen LogP contribution in [0.1, 0.15) is 17.3 Å². The van der Waals surface area contributed by atoms with Gasteiger partial charge in [0, 0.05) is 0 Å². The Balaban J connectivity index is 3.05. The van der Waals surface area contributed by atoms with Crippen molar-refractivity contribution >= 4 is 63.1 Å². The molecule has 2 aromatic rings. The van der Waals surface area contributed by atoms with Crippen LogP contribution in [0.3, 0.4) is 0 Å². The van der Waals surface area contributed by atoms with Gasteiger partial charge in [0.05, 0.1) is 26.0 Å². The van der Waals surface area contributed by atoms with Crippen molar-refractivity contribution in [2.75, 3.05) is 0 Å². The van der Waals surface area contributed by atoms with Crippen LogP contribution in [0.2, 0.25) is 20.3 Å². The minimum atomic E-state index is -0.293. The Morgan fingerprint density at radius 1 is 1.12 bits per heavy atom. The third-order valence-electron chi connectivity index (χ3n) is 2.06. The second-order valence-corrected chi connectivity index (χ2v) is 4.53. The molecule has 0 N–H and O–H groups in total. The minimum Gasteiger partial charge on any atom is -0.343 e. The number of nitrogens with zero attached hydrogens (tertiary/aromatic N) is 1. The van der Waals surface area contributed by atoms with Gasteiger partial charge in [0.1, 0.15) is 5.52 Å². The molecular weight excluding hydrogens is 296 g/mol. The fourth-order valence-electron chi connectivity index (χ4n) is 1.37. The molecule has 0 atom stereocenters. The Morgan fingerprint density at radius 3 is 2.31 bits per heavy atom. The van der Waals surface area contributed by atoms with E-state index in [0.29, 0.717) is 5.39 Å². The minimum absolute atomic E-state index is 0.0268. The first-order valence-electron chi connectivity index (χ1n) is 4.07. The van der Waals surface area contributed by atoms with Crippen molar-refractivity contribution in [3.8, 4) is 0 Å². The first kappa shape index (κ1) is 12.0. The average Bonchev–Trinajstić information content (AvgIpc) is 2.57. The van der Waals surface area contributed by atoms with Gasteiger partial charge in [-0.05, 0) is 18.5 Å². The molecule has 1 heterocycles. The van der Waals surface area contributed by atoms with Gasteiger partial charge in [-0.3, -0.25) is 4.79 Å². The van der Waals surface area contributed by atoms with Gasteiger partial charge in [0.2, 0.25) is 5.22 Å². The van der Waals surface area contributed by atoms with Crippen LogP contribution in [0.25, 0.3) is 10.9 Å². The lowest BCUT2D eigenvalue weighted by molar-refractivity contribution is 0.101. The number of Topliss-reactive ketones (excluding diaryl/α,β-unsaturated/α-hetero) is 1. The molecule has 0 saturated heterocycles. The molecule has 3 nitrogen and oxygen atoms in total. The summed E-state index contributed by atoms with van der Waals surface area (Å²) < 4.78 is 4.76. The fourth-order valence-corrected chi connectivity index (χ4v) is 2.46. The average molecular weight is 299 g/mol. The summed E-state index contributed by atoms with van der Waals surface area (Å²) in [4.78, 5) is 11.4. The molecule has 1 aromatic heterocycles. The maximum absolute atomic E-state index is 11.4. The molecule has 0 aliphatic heterocycles. The number of hydrogen-bond donors (Lipinski definition) is 0. The van der Waals surface area contributed by atoms with E-state index in [1.807, 2.05) is 0 Å². The topological polar surface area (TPSA) is 43.1 Å².